The van der Waals surface area contributed by atoms with Crippen molar-refractivity contribution in [3.8, 4) is 0 Å². The number of hydrogen-bond acceptors (Lipinski definition) is 3. The molecule has 5 heteroatoms. The number of hydroxylamine groups is 1. The third kappa shape index (κ3) is 2.93. The summed E-state index contributed by atoms with van der Waals surface area (Å²) >= 11 is 0. The van der Waals surface area contributed by atoms with E-state index in [1.54, 1.807) is 12.1 Å². The zero-order chi connectivity index (χ0) is 15.4. The molecule has 5 nitrogen and oxygen atoms in total. The molecule has 3 rings (SSSR count). The van der Waals surface area contributed by atoms with Gasteiger partial charge in [-0.25, -0.2) is 0 Å². The highest BCUT2D eigenvalue weighted by atomic mass is 16.7. The summed E-state index contributed by atoms with van der Waals surface area (Å²) in [6.45, 7) is 0.400. The lowest BCUT2D eigenvalue weighted by Crippen LogP contribution is -2.34. The lowest BCUT2D eigenvalue weighted by molar-refractivity contribution is -0.128. The molecule has 2 amide bonds. The number of benzene rings is 1. The van der Waals surface area contributed by atoms with E-state index < -0.39 is 0 Å². The van der Waals surface area contributed by atoms with Crippen LogP contribution in [0.1, 0.15) is 23.2 Å². The van der Waals surface area contributed by atoms with Gasteiger partial charge in [0.1, 0.15) is 0 Å². The van der Waals surface area contributed by atoms with E-state index in [4.69, 9.17) is 4.84 Å². The van der Waals surface area contributed by atoms with Gasteiger partial charge in [0, 0.05) is 23.3 Å². The van der Waals surface area contributed by atoms with Crippen LogP contribution < -0.4 is 10.8 Å². The molecule has 112 valence electrons. The number of nitrogens with one attached hydrogen (secondary N) is 2. The van der Waals surface area contributed by atoms with Gasteiger partial charge in [-0.1, -0.05) is 30.4 Å². The summed E-state index contributed by atoms with van der Waals surface area (Å²) < 4.78 is 0. The quantitative estimate of drug-likeness (QED) is 0.893. The minimum Gasteiger partial charge on any atom is -0.379 e. The molecule has 2 aliphatic rings. The zero-order valence-corrected chi connectivity index (χ0v) is 12.0. The Bertz CT molecular complexity index is 687. The number of rotatable bonds is 4. The van der Waals surface area contributed by atoms with Gasteiger partial charge >= 0.3 is 0 Å². The molecule has 0 spiro atoms. The largest absolute Gasteiger partial charge is 0.379 e. The van der Waals surface area contributed by atoms with E-state index in [1.807, 2.05) is 36.4 Å². The van der Waals surface area contributed by atoms with E-state index in [0.29, 0.717) is 36.3 Å². The van der Waals surface area contributed by atoms with Crippen LogP contribution in [-0.2, 0) is 9.63 Å². The summed E-state index contributed by atoms with van der Waals surface area (Å²) in [4.78, 5) is 29.1. The first kappa shape index (κ1) is 14.1. The molecule has 22 heavy (non-hydrogen) atoms. The Labute approximate surface area is 128 Å². The summed E-state index contributed by atoms with van der Waals surface area (Å²) in [6.07, 6.45) is 6.82. The normalized spacial score (nSPS) is 16.4. The fourth-order valence-electron chi connectivity index (χ4n) is 2.47. The van der Waals surface area contributed by atoms with E-state index in [0.717, 1.165) is 5.57 Å². The number of amides is 2. The summed E-state index contributed by atoms with van der Waals surface area (Å²) in [5, 5.41) is 2.83. The Morgan fingerprint density at radius 1 is 1.27 bits per heavy atom. The zero-order valence-electron chi connectivity index (χ0n) is 12.0. The van der Waals surface area contributed by atoms with Crippen LogP contribution >= 0.6 is 0 Å². The van der Waals surface area contributed by atoms with E-state index in [2.05, 4.69) is 10.8 Å². The van der Waals surface area contributed by atoms with Gasteiger partial charge in [0.25, 0.3) is 11.8 Å². The summed E-state index contributed by atoms with van der Waals surface area (Å²) in [5.41, 5.74) is 4.55. The predicted molar refractivity (Wildman–Crippen MR) is 81.5 cm³/mol. The molecular formula is C17H16N2O3. The molecular weight excluding hydrogens is 280 g/mol. The smallest absolute Gasteiger partial charge is 0.280 e. The van der Waals surface area contributed by atoms with Gasteiger partial charge in [-0.3, -0.25) is 9.59 Å². The lowest BCUT2D eigenvalue weighted by Gasteiger charge is -2.24. The SMILES string of the molecule is O=C1NOC2=CC=CCC2=C1CCNC(=O)c1ccccc1. The van der Waals surface area contributed by atoms with E-state index in [1.165, 1.54) is 0 Å². The molecule has 1 aromatic rings. The van der Waals surface area contributed by atoms with Gasteiger partial charge in [0.15, 0.2) is 5.76 Å². The van der Waals surface area contributed by atoms with Crippen LogP contribution in [0, 0.1) is 0 Å². The van der Waals surface area contributed by atoms with Crippen LogP contribution in [0.3, 0.4) is 0 Å². The van der Waals surface area contributed by atoms with E-state index in [9.17, 15) is 9.59 Å². The second-order valence-corrected chi connectivity index (χ2v) is 5.03. The van der Waals surface area contributed by atoms with Crippen molar-refractivity contribution in [2.24, 2.45) is 0 Å². The number of fused-ring (bicyclic) bond motifs is 1. The maximum absolute atomic E-state index is 12.0. The van der Waals surface area contributed by atoms with Crippen molar-refractivity contribution < 1.29 is 14.4 Å². The van der Waals surface area contributed by atoms with Gasteiger partial charge in [-0.05, 0) is 31.1 Å². The fourth-order valence-corrected chi connectivity index (χ4v) is 2.47. The minimum atomic E-state index is -0.239. The van der Waals surface area contributed by atoms with Crippen LogP contribution in [0.15, 0.2) is 65.5 Å². The van der Waals surface area contributed by atoms with Crippen molar-refractivity contribution >= 4 is 11.8 Å². The van der Waals surface area contributed by atoms with Crippen molar-refractivity contribution in [2.75, 3.05) is 6.54 Å². The van der Waals surface area contributed by atoms with Crippen molar-refractivity contribution in [2.45, 2.75) is 12.8 Å². The average Bonchev–Trinajstić information content (AvgIpc) is 2.57. The molecule has 1 aromatic carbocycles. The van der Waals surface area contributed by atoms with Crippen LogP contribution in [0.25, 0.3) is 0 Å². The maximum atomic E-state index is 12.0. The molecule has 0 saturated heterocycles. The standard InChI is InChI=1S/C17H16N2O3/c20-16(12-6-2-1-3-7-12)18-11-10-14-13-8-4-5-9-15(13)22-19-17(14)21/h1-7,9H,8,10-11H2,(H,18,20)(H,19,21). The summed E-state index contributed by atoms with van der Waals surface area (Å²) in [7, 11) is 0. The van der Waals surface area contributed by atoms with Crippen molar-refractivity contribution in [1.82, 2.24) is 10.8 Å². The number of hydrogen-bond donors (Lipinski definition) is 2. The minimum absolute atomic E-state index is 0.141. The molecule has 0 aromatic heterocycles. The first-order chi connectivity index (χ1) is 10.8. The van der Waals surface area contributed by atoms with Gasteiger partial charge in [-0.2, -0.15) is 5.48 Å². The van der Waals surface area contributed by atoms with Crippen molar-refractivity contribution in [3.63, 3.8) is 0 Å². The predicted octanol–water partition coefficient (Wildman–Crippen LogP) is 2.01. The first-order valence-corrected chi connectivity index (χ1v) is 7.15. The number of allylic oxidation sites excluding steroid dienone is 4. The first-order valence-electron chi connectivity index (χ1n) is 7.15. The van der Waals surface area contributed by atoms with E-state index in [-0.39, 0.29) is 11.8 Å². The number of carbonyl (C=O) groups is 2. The third-order valence-electron chi connectivity index (χ3n) is 3.59. The molecule has 1 aliphatic carbocycles. The van der Waals surface area contributed by atoms with Crippen LogP contribution in [0.4, 0.5) is 0 Å². The second-order valence-electron chi connectivity index (χ2n) is 5.03. The van der Waals surface area contributed by atoms with Crippen LogP contribution in [0.5, 0.6) is 0 Å². The molecule has 0 unspecified atom stereocenters. The molecule has 0 atom stereocenters. The molecule has 0 fully saturated rings. The molecule has 0 bridgehead atoms. The Hall–Kier alpha value is -2.82. The highest BCUT2D eigenvalue weighted by Crippen LogP contribution is 2.28. The fraction of sp³-hybridized carbons (Fsp3) is 0.176. The molecule has 1 aliphatic heterocycles. The highest BCUT2D eigenvalue weighted by molar-refractivity contribution is 5.96. The molecule has 2 N–H and O–H groups in total. The Morgan fingerprint density at radius 3 is 2.91 bits per heavy atom. The number of carbonyl (C=O) groups excluding carboxylic acids is 2. The Balaban J connectivity index is 1.64. The molecule has 0 saturated carbocycles. The third-order valence-corrected chi connectivity index (χ3v) is 3.59. The monoisotopic (exact) mass is 296 g/mol. The average molecular weight is 296 g/mol. The van der Waals surface area contributed by atoms with Crippen LogP contribution in [0.2, 0.25) is 0 Å². The maximum Gasteiger partial charge on any atom is 0.280 e. The topological polar surface area (TPSA) is 67.4 Å². The molecule has 0 radical (unpaired) electrons. The van der Waals surface area contributed by atoms with Gasteiger partial charge < -0.3 is 10.2 Å². The Kier molecular flexibility index (Phi) is 4.05. The highest BCUT2D eigenvalue weighted by Gasteiger charge is 2.25. The second kappa shape index (κ2) is 6.30. The van der Waals surface area contributed by atoms with Gasteiger partial charge in [-0.15, -0.1) is 0 Å². The summed E-state index contributed by atoms with van der Waals surface area (Å²) in [6, 6.07) is 9.00. The van der Waals surface area contributed by atoms with Gasteiger partial charge in [0.05, 0.1) is 0 Å². The molecule has 1 heterocycles. The van der Waals surface area contributed by atoms with E-state index >= 15 is 0 Å². The Morgan fingerprint density at radius 2 is 2.09 bits per heavy atom. The summed E-state index contributed by atoms with van der Waals surface area (Å²) in [5.74, 6) is 0.292. The van der Waals surface area contributed by atoms with Crippen molar-refractivity contribution in [3.05, 3.63) is 71.0 Å². The van der Waals surface area contributed by atoms with Gasteiger partial charge in [0.2, 0.25) is 0 Å². The van der Waals surface area contributed by atoms with Crippen molar-refractivity contribution in [1.29, 1.82) is 0 Å². The van der Waals surface area contributed by atoms with Crippen LogP contribution in [-0.4, -0.2) is 18.4 Å². The lowest BCUT2D eigenvalue weighted by atomic mass is 9.96.